The highest BCUT2D eigenvalue weighted by Crippen LogP contribution is 2.13. The lowest BCUT2D eigenvalue weighted by molar-refractivity contribution is -0.709. The van der Waals surface area contributed by atoms with Crippen LogP contribution >= 0.6 is 0 Å². The lowest BCUT2D eigenvalue weighted by Gasteiger charge is -1.99. The monoisotopic (exact) mass is 324 g/mol. The van der Waals surface area contributed by atoms with E-state index >= 15 is 0 Å². The Morgan fingerprint density at radius 2 is 1.73 bits per heavy atom. The number of unbranched alkanes of at least 4 members (excludes halogenated alkanes) is 5. The van der Waals surface area contributed by atoms with Crippen LogP contribution in [0.2, 0.25) is 0 Å². The molecule has 0 spiro atoms. The molecule has 0 saturated heterocycles. The number of aryl methyl sites for hydroxylation is 1. The fourth-order valence-corrected chi connectivity index (χ4v) is 2.78. The molecule has 2 aromatic rings. The van der Waals surface area contributed by atoms with Gasteiger partial charge in [0.2, 0.25) is 6.33 Å². The van der Waals surface area contributed by atoms with Crippen molar-refractivity contribution >= 4 is 11.0 Å². The first-order valence-electron chi connectivity index (χ1n) is 8.41. The summed E-state index contributed by atoms with van der Waals surface area (Å²) in [4.78, 5) is 0. The first-order chi connectivity index (χ1) is 10.4. The van der Waals surface area contributed by atoms with Gasteiger partial charge in [0.15, 0.2) is 17.8 Å². The molecular formula is C18H29ClN2O. The minimum absolute atomic E-state index is 0. The van der Waals surface area contributed by atoms with E-state index in [0.717, 1.165) is 13.2 Å². The summed E-state index contributed by atoms with van der Waals surface area (Å²) in [6.45, 7) is 6.80. The number of para-hydroxylation sites is 2. The van der Waals surface area contributed by atoms with E-state index in [1.165, 1.54) is 49.6 Å². The summed E-state index contributed by atoms with van der Waals surface area (Å²) in [5, 5.41) is 0. The Kier molecular flexibility index (Phi) is 9.17. The number of hydrogen-bond donors (Lipinski definition) is 0. The molecule has 1 aromatic carbocycles. The second kappa shape index (κ2) is 10.6. The molecule has 0 unspecified atom stereocenters. The Morgan fingerprint density at radius 3 is 2.50 bits per heavy atom. The maximum Gasteiger partial charge on any atom is 0.246 e. The minimum Gasteiger partial charge on any atom is -1.00 e. The van der Waals surface area contributed by atoms with Crippen LogP contribution in [-0.2, 0) is 18.0 Å². The van der Waals surface area contributed by atoms with E-state index in [-0.39, 0.29) is 12.4 Å². The van der Waals surface area contributed by atoms with E-state index in [4.69, 9.17) is 4.74 Å². The standard InChI is InChI=1S/C18H29N2O.ClH/c1-3-5-6-7-8-11-14-19-15-20(16-21-4-2)18-13-10-9-12-17(18)19;/h9-10,12-13,15H,3-8,11,14,16H2,1-2H3;1H/q+1;/p-1. The molecular weight excluding hydrogens is 296 g/mol. The summed E-state index contributed by atoms with van der Waals surface area (Å²) < 4.78 is 10.1. The molecule has 124 valence electrons. The molecule has 1 heterocycles. The normalized spacial score (nSPS) is 10.8. The summed E-state index contributed by atoms with van der Waals surface area (Å²) >= 11 is 0. The molecule has 0 bridgehead atoms. The van der Waals surface area contributed by atoms with Gasteiger partial charge in [-0.05, 0) is 31.9 Å². The van der Waals surface area contributed by atoms with Gasteiger partial charge in [0.25, 0.3) is 0 Å². The third-order valence-corrected chi connectivity index (χ3v) is 3.97. The zero-order chi connectivity index (χ0) is 14.9. The van der Waals surface area contributed by atoms with Gasteiger partial charge in [0, 0.05) is 6.61 Å². The van der Waals surface area contributed by atoms with Crippen LogP contribution < -0.4 is 17.0 Å². The largest absolute Gasteiger partial charge is 1.00 e. The van der Waals surface area contributed by atoms with Crippen LogP contribution in [0, 0.1) is 0 Å². The van der Waals surface area contributed by atoms with Gasteiger partial charge in [-0.2, -0.15) is 0 Å². The van der Waals surface area contributed by atoms with Crippen molar-refractivity contribution in [2.45, 2.75) is 65.6 Å². The van der Waals surface area contributed by atoms with Crippen LogP contribution in [0.15, 0.2) is 30.6 Å². The molecule has 0 aliphatic rings. The Hall–Kier alpha value is -1.06. The number of hydrogen-bond acceptors (Lipinski definition) is 1. The predicted octanol–water partition coefficient (Wildman–Crippen LogP) is 1.29. The number of aromatic nitrogens is 2. The molecule has 0 aliphatic heterocycles. The molecule has 0 N–H and O–H groups in total. The van der Waals surface area contributed by atoms with E-state index < -0.39 is 0 Å². The van der Waals surface area contributed by atoms with Gasteiger partial charge in [-0.3, -0.25) is 0 Å². The number of rotatable bonds is 10. The highest BCUT2D eigenvalue weighted by Gasteiger charge is 2.14. The van der Waals surface area contributed by atoms with Crippen molar-refractivity contribution in [3.8, 4) is 0 Å². The third-order valence-electron chi connectivity index (χ3n) is 3.97. The number of fused-ring (bicyclic) bond motifs is 1. The van der Waals surface area contributed by atoms with Crippen LogP contribution in [0.25, 0.3) is 11.0 Å². The topological polar surface area (TPSA) is 18.0 Å². The van der Waals surface area contributed by atoms with Crippen molar-refractivity contribution in [2.75, 3.05) is 6.61 Å². The van der Waals surface area contributed by atoms with Crippen LogP contribution in [-0.4, -0.2) is 11.2 Å². The molecule has 22 heavy (non-hydrogen) atoms. The smallest absolute Gasteiger partial charge is 0.246 e. The number of halogens is 1. The maximum atomic E-state index is 5.56. The van der Waals surface area contributed by atoms with Crippen LogP contribution in [0.4, 0.5) is 0 Å². The van der Waals surface area contributed by atoms with Crippen molar-refractivity contribution in [1.82, 2.24) is 4.57 Å². The van der Waals surface area contributed by atoms with Gasteiger partial charge in [-0.1, -0.05) is 44.7 Å². The third kappa shape index (κ3) is 5.29. The summed E-state index contributed by atoms with van der Waals surface area (Å²) in [6, 6.07) is 8.59. The summed E-state index contributed by atoms with van der Waals surface area (Å²) in [5.41, 5.74) is 2.57. The second-order valence-electron chi connectivity index (χ2n) is 5.66. The van der Waals surface area contributed by atoms with Crippen molar-refractivity contribution in [2.24, 2.45) is 0 Å². The lowest BCUT2D eigenvalue weighted by atomic mass is 10.1. The lowest BCUT2D eigenvalue weighted by Crippen LogP contribution is -3.00. The number of ether oxygens (including phenoxy) is 1. The molecule has 1 aromatic heterocycles. The molecule has 0 aliphatic carbocycles. The highest BCUT2D eigenvalue weighted by molar-refractivity contribution is 5.71. The number of imidazole rings is 1. The molecule has 0 saturated carbocycles. The average Bonchev–Trinajstić information content (AvgIpc) is 2.87. The quantitative estimate of drug-likeness (QED) is 0.476. The zero-order valence-electron chi connectivity index (χ0n) is 13.9. The predicted molar refractivity (Wildman–Crippen MR) is 87.1 cm³/mol. The van der Waals surface area contributed by atoms with Gasteiger partial charge in [0.05, 0.1) is 6.54 Å². The van der Waals surface area contributed by atoms with Crippen LogP contribution in [0.3, 0.4) is 0 Å². The summed E-state index contributed by atoms with van der Waals surface area (Å²) in [7, 11) is 0. The van der Waals surface area contributed by atoms with E-state index in [2.05, 4.69) is 46.7 Å². The Labute approximate surface area is 140 Å². The van der Waals surface area contributed by atoms with E-state index in [1.807, 2.05) is 6.92 Å². The molecule has 2 rings (SSSR count). The zero-order valence-corrected chi connectivity index (χ0v) is 14.7. The van der Waals surface area contributed by atoms with Crippen LogP contribution in [0.1, 0.15) is 52.4 Å². The first kappa shape index (κ1) is 19.0. The van der Waals surface area contributed by atoms with Gasteiger partial charge in [-0.25, -0.2) is 9.13 Å². The second-order valence-corrected chi connectivity index (χ2v) is 5.66. The Bertz CT molecular complexity index is 539. The van der Waals surface area contributed by atoms with Gasteiger partial charge in [-0.15, -0.1) is 0 Å². The van der Waals surface area contributed by atoms with Gasteiger partial charge in [0.1, 0.15) is 0 Å². The molecule has 3 nitrogen and oxygen atoms in total. The van der Waals surface area contributed by atoms with Crippen LogP contribution in [0.5, 0.6) is 0 Å². The minimum atomic E-state index is 0. The molecule has 0 amide bonds. The van der Waals surface area contributed by atoms with E-state index in [9.17, 15) is 0 Å². The molecule has 4 heteroatoms. The number of benzene rings is 1. The van der Waals surface area contributed by atoms with Gasteiger partial charge >= 0.3 is 0 Å². The average molecular weight is 325 g/mol. The summed E-state index contributed by atoms with van der Waals surface area (Å²) in [6.07, 6.45) is 10.2. The van der Waals surface area contributed by atoms with Crippen molar-refractivity contribution in [3.05, 3.63) is 30.6 Å². The Morgan fingerprint density at radius 1 is 1.00 bits per heavy atom. The van der Waals surface area contributed by atoms with E-state index in [1.54, 1.807) is 0 Å². The fourth-order valence-electron chi connectivity index (χ4n) is 2.78. The highest BCUT2D eigenvalue weighted by atomic mass is 35.5. The van der Waals surface area contributed by atoms with Crippen molar-refractivity contribution in [3.63, 3.8) is 0 Å². The SMILES string of the molecule is CCCCCCCCn1c[n+](COCC)c2ccccc21.[Cl-]. The summed E-state index contributed by atoms with van der Waals surface area (Å²) in [5.74, 6) is 0. The van der Waals surface area contributed by atoms with E-state index in [0.29, 0.717) is 6.73 Å². The molecule has 0 fully saturated rings. The van der Waals surface area contributed by atoms with Crippen molar-refractivity contribution < 1.29 is 21.7 Å². The maximum absolute atomic E-state index is 5.56. The molecule has 0 atom stereocenters. The Balaban J connectivity index is 0.00000242. The first-order valence-corrected chi connectivity index (χ1v) is 8.41. The molecule has 0 radical (unpaired) electrons. The number of nitrogens with zero attached hydrogens (tertiary/aromatic N) is 2. The fraction of sp³-hybridized carbons (Fsp3) is 0.611. The van der Waals surface area contributed by atoms with Gasteiger partial charge < -0.3 is 17.1 Å². The van der Waals surface area contributed by atoms with Crippen molar-refractivity contribution in [1.29, 1.82) is 0 Å².